The van der Waals surface area contributed by atoms with Gasteiger partial charge in [-0.3, -0.25) is 9.48 Å². The van der Waals surface area contributed by atoms with Crippen LogP contribution in [0.15, 0.2) is 16.7 Å². The van der Waals surface area contributed by atoms with Crippen molar-refractivity contribution < 1.29 is 14.1 Å². The molecule has 0 atom stereocenters. The maximum Gasteiger partial charge on any atom is 0.270 e. The minimum absolute atomic E-state index is 0.157. The van der Waals surface area contributed by atoms with Gasteiger partial charge in [-0.15, -0.1) is 0 Å². The maximum atomic E-state index is 12.8. The number of aromatic nitrogens is 3. The van der Waals surface area contributed by atoms with Crippen LogP contribution in [0, 0.1) is 6.92 Å². The number of nitrogens with one attached hydrogen (secondary N) is 1. The summed E-state index contributed by atoms with van der Waals surface area (Å²) in [6.07, 6.45) is 2.11. The molecule has 1 N–H and O–H groups in total. The summed E-state index contributed by atoms with van der Waals surface area (Å²) in [7, 11) is 1.78. The highest BCUT2D eigenvalue weighted by Gasteiger charge is 2.40. The van der Waals surface area contributed by atoms with Crippen molar-refractivity contribution in [1.29, 1.82) is 0 Å². The van der Waals surface area contributed by atoms with E-state index in [1.807, 2.05) is 26.0 Å². The Labute approximate surface area is 135 Å². The Morgan fingerprint density at radius 3 is 2.70 bits per heavy atom. The number of ether oxygens (including phenoxy) is 1. The predicted octanol–water partition coefficient (Wildman–Crippen LogP) is 1.71. The lowest BCUT2D eigenvalue weighted by molar-refractivity contribution is 0.0240. The molecule has 0 aliphatic carbocycles. The molecule has 3 rings (SSSR count). The van der Waals surface area contributed by atoms with E-state index in [0.29, 0.717) is 37.5 Å². The molecule has 7 heteroatoms. The molecule has 1 fully saturated rings. The van der Waals surface area contributed by atoms with Crippen molar-refractivity contribution >= 4 is 5.91 Å². The Morgan fingerprint density at radius 2 is 2.13 bits per heavy atom. The molecule has 0 saturated carbocycles. The van der Waals surface area contributed by atoms with Crippen LogP contribution in [0.3, 0.4) is 0 Å². The van der Waals surface area contributed by atoms with Gasteiger partial charge < -0.3 is 14.6 Å². The topological polar surface area (TPSA) is 82.2 Å². The predicted molar refractivity (Wildman–Crippen MR) is 83.0 cm³/mol. The Hall–Kier alpha value is -2.15. The molecule has 1 aliphatic heterocycles. The third-order valence-corrected chi connectivity index (χ3v) is 4.32. The van der Waals surface area contributed by atoms with Crippen LogP contribution in [0.25, 0.3) is 0 Å². The zero-order valence-corrected chi connectivity index (χ0v) is 13.8. The number of amides is 1. The third kappa shape index (κ3) is 3.01. The minimum atomic E-state index is -0.576. The standard InChI is InChI=1S/C16H22N4O3/c1-4-12-10-13(20(3)18-12)15(21)17-16(5-7-22-8-6-16)14-9-11(2)19-23-14/h9-10H,4-8H2,1-3H3,(H,17,21). The smallest absolute Gasteiger partial charge is 0.270 e. The Kier molecular flexibility index (Phi) is 4.21. The fourth-order valence-corrected chi connectivity index (χ4v) is 2.94. The fourth-order valence-electron chi connectivity index (χ4n) is 2.94. The van der Waals surface area contributed by atoms with Crippen LogP contribution in [-0.2, 0) is 23.7 Å². The number of hydrogen-bond acceptors (Lipinski definition) is 5. The van der Waals surface area contributed by atoms with Gasteiger partial charge in [0.25, 0.3) is 5.91 Å². The summed E-state index contributed by atoms with van der Waals surface area (Å²) in [5.41, 5.74) is 1.67. The number of carbonyl (C=O) groups excluding carboxylic acids is 1. The monoisotopic (exact) mass is 318 g/mol. The zero-order chi connectivity index (χ0) is 16.4. The highest BCUT2D eigenvalue weighted by Crippen LogP contribution is 2.33. The molecule has 1 saturated heterocycles. The van der Waals surface area contributed by atoms with Gasteiger partial charge in [0, 0.05) is 39.2 Å². The van der Waals surface area contributed by atoms with Crippen molar-refractivity contribution in [3.8, 4) is 0 Å². The van der Waals surface area contributed by atoms with E-state index >= 15 is 0 Å². The molecule has 0 bridgehead atoms. The Bertz CT molecular complexity index is 698. The van der Waals surface area contributed by atoms with Gasteiger partial charge in [0.15, 0.2) is 5.76 Å². The first-order valence-electron chi connectivity index (χ1n) is 7.91. The molecular formula is C16H22N4O3. The van der Waals surface area contributed by atoms with Crippen molar-refractivity contribution in [2.45, 2.75) is 38.6 Å². The molecule has 0 spiro atoms. The molecular weight excluding hydrogens is 296 g/mol. The summed E-state index contributed by atoms with van der Waals surface area (Å²) in [5, 5.41) is 11.4. The van der Waals surface area contributed by atoms with Crippen molar-refractivity contribution in [3.63, 3.8) is 0 Å². The first-order chi connectivity index (χ1) is 11.0. The van der Waals surface area contributed by atoms with Crippen molar-refractivity contribution in [1.82, 2.24) is 20.3 Å². The van der Waals surface area contributed by atoms with E-state index in [1.54, 1.807) is 11.7 Å². The van der Waals surface area contributed by atoms with Gasteiger partial charge in [-0.25, -0.2) is 0 Å². The Balaban J connectivity index is 1.89. The maximum absolute atomic E-state index is 12.8. The molecule has 23 heavy (non-hydrogen) atoms. The van der Waals surface area contributed by atoms with E-state index in [0.717, 1.165) is 17.8 Å². The van der Waals surface area contributed by atoms with Gasteiger partial charge in [0.1, 0.15) is 11.2 Å². The summed E-state index contributed by atoms with van der Waals surface area (Å²) in [4.78, 5) is 12.8. The van der Waals surface area contributed by atoms with E-state index in [2.05, 4.69) is 15.6 Å². The van der Waals surface area contributed by atoms with Crippen LogP contribution in [0.5, 0.6) is 0 Å². The van der Waals surface area contributed by atoms with Gasteiger partial charge in [-0.2, -0.15) is 5.10 Å². The number of carbonyl (C=O) groups is 1. The van der Waals surface area contributed by atoms with E-state index in [1.165, 1.54) is 0 Å². The summed E-state index contributed by atoms with van der Waals surface area (Å²) < 4.78 is 12.5. The van der Waals surface area contributed by atoms with Crippen LogP contribution in [0.2, 0.25) is 0 Å². The first-order valence-corrected chi connectivity index (χ1v) is 7.91. The van der Waals surface area contributed by atoms with Gasteiger partial charge >= 0.3 is 0 Å². The van der Waals surface area contributed by atoms with Gasteiger partial charge in [-0.05, 0) is 19.4 Å². The zero-order valence-electron chi connectivity index (χ0n) is 13.8. The summed E-state index contributed by atoms with van der Waals surface area (Å²) >= 11 is 0. The molecule has 7 nitrogen and oxygen atoms in total. The summed E-state index contributed by atoms with van der Waals surface area (Å²) in [6, 6.07) is 3.71. The van der Waals surface area contributed by atoms with Crippen LogP contribution in [0.1, 0.15) is 47.4 Å². The molecule has 0 unspecified atom stereocenters. The first kappa shape index (κ1) is 15.7. The third-order valence-electron chi connectivity index (χ3n) is 4.32. The Morgan fingerprint density at radius 1 is 1.39 bits per heavy atom. The van der Waals surface area contributed by atoms with Crippen LogP contribution < -0.4 is 5.32 Å². The van der Waals surface area contributed by atoms with Gasteiger partial charge in [0.2, 0.25) is 0 Å². The van der Waals surface area contributed by atoms with Gasteiger partial charge in [0.05, 0.1) is 11.4 Å². The summed E-state index contributed by atoms with van der Waals surface area (Å²) in [5.74, 6) is 0.528. The number of hydrogen-bond donors (Lipinski definition) is 1. The minimum Gasteiger partial charge on any atom is -0.381 e. The summed E-state index contributed by atoms with van der Waals surface area (Å²) in [6.45, 7) is 5.04. The van der Waals surface area contributed by atoms with E-state index < -0.39 is 5.54 Å². The highest BCUT2D eigenvalue weighted by molar-refractivity contribution is 5.93. The number of aryl methyl sites for hydroxylation is 3. The van der Waals surface area contributed by atoms with Crippen LogP contribution in [0.4, 0.5) is 0 Å². The molecule has 0 aromatic carbocycles. The normalized spacial score (nSPS) is 17.2. The molecule has 2 aromatic rings. The fraction of sp³-hybridized carbons (Fsp3) is 0.562. The average Bonchev–Trinajstić information content (AvgIpc) is 3.14. The second-order valence-electron chi connectivity index (χ2n) is 5.98. The molecule has 0 radical (unpaired) electrons. The van der Waals surface area contributed by atoms with E-state index in [9.17, 15) is 4.79 Å². The van der Waals surface area contributed by atoms with Crippen molar-refractivity contribution in [3.05, 3.63) is 35.0 Å². The molecule has 124 valence electrons. The van der Waals surface area contributed by atoms with Gasteiger partial charge in [-0.1, -0.05) is 12.1 Å². The second kappa shape index (κ2) is 6.16. The second-order valence-corrected chi connectivity index (χ2v) is 5.98. The molecule has 1 amide bonds. The highest BCUT2D eigenvalue weighted by atomic mass is 16.5. The van der Waals surface area contributed by atoms with Crippen molar-refractivity contribution in [2.75, 3.05) is 13.2 Å². The van der Waals surface area contributed by atoms with E-state index in [4.69, 9.17) is 9.26 Å². The number of nitrogens with zero attached hydrogens (tertiary/aromatic N) is 3. The average molecular weight is 318 g/mol. The number of rotatable bonds is 4. The molecule has 3 heterocycles. The SMILES string of the molecule is CCc1cc(C(=O)NC2(c3cc(C)no3)CCOCC2)n(C)n1. The molecule has 2 aromatic heterocycles. The van der Waals surface area contributed by atoms with Crippen molar-refractivity contribution in [2.24, 2.45) is 7.05 Å². The van der Waals surface area contributed by atoms with Crippen LogP contribution in [-0.4, -0.2) is 34.1 Å². The molecule has 1 aliphatic rings. The lowest BCUT2D eigenvalue weighted by atomic mass is 9.87. The van der Waals surface area contributed by atoms with E-state index in [-0.39, 0.29) is 5.91 Å². The lowest BCUT2D eigenvalue weighted by Crippen LogP contribution is -2.49. The quantitative estimate of drug-likeness (QED) is 0.928. The largest absolute Gasteiger partial charge is 0.381 e. The van der Waals surface area contributed by atoms with Crippen LogP contribution >= 0.6 is 0 Å². The lowest BCUT2D eigenvalue weighted by Gasteiger charge is -2.35.